The predicted molar refractivity (Wildman–Crippen MR) is 130 cm³/mol. The maximum Gasteiger partial charge on any atom is 0.387 e. The van der Waals surface area contributed by atoms with Gasteiger partial charge in [-0.15, -0.1) is 0 Å². The zero-order valence-corrected chi connectivity index (χ0v) is 19.7. The largest absolute Gasteiger partial charge is 0.507 e. The molecule has 0 aliphatic carbocycles. The fourth-order valence-electron chi connectivity index (χ4n) is 4.50. The van der Waals surface area contributed by atoms with Crippen molar-refractivity contribution in [2.45, 2.75) is 32.3 Å². The highest BCUT2D eigenvalue weighted by molar-refractivity contribution is 5.79. The maximum absolute atomic E-state index is 13.4. The van der Waals surface area contributed by atoms with Crippen molar-refractivity contribution in [1.82, 2.24) is 4.90 Å². The first-order valence-corrected chi connectivity index (χ1v) is 11.9. The van der Waals surface area contributed by atoms with Gasteiger partial charge in [0.15, 0.2) is 6.61 Å². The smallest absolute Gasteiger partial charge is 0.387 e. The average Bonchev–Trinajstić information content (AvgIpc) is 2.86. The molecule has 1 heterocycles. The van der Waals surface area contributed by atoms with Gasteiger partial charge in [-0.05, 0) is 67.5 Å². The third kappa shape index (κ3) is 6.71. The summed E-state index contributed by atoms with van der Waals surface area (Å²) in [5.41, 5.74) is 1.95. The molecule has 1 N–H and O–H groups in total. The van der Waals surface area contributed by atoms with Crippen molar-refractivity contribution in [2.75, 3.05) is 19.7 Å². The van der Waals surface area contributed by atoms with Crippen molar-refractivity contribution >= 4 is 5.91 Å². The Kier molecular flexibility index (Phi) is 8.36. The molecule has 1 saturated heterocycles. The second kappa shape index (κ2) is 11.8. The van der Waals surface area contributed by atoms with Crippen LogP contribution in [0.25, 0.3) is 11.1 Å². The summed E-state index contributed by atoms with van der Waals surface area (Å²) in [6, 6.07) is 17.5. The number of para-hydroxylation sites is 1. The summed E-state index contributed by atoms with van der Waals surface area (Å²) in [7, 11) is 0. The van der Waals surface area contributed by atoms with Crippen LogP contribution in [-0.4, -0.2) is 42.2 Å². The molecule has 0 atom stereocenters. The molecule has 0 bridgehead atoms. The van der Waals surface area contributed by atoms with Gasteiger partial charge < -0.3 is 19.5 Å². The average molecular weight is 500 g/mol. The highest BCUT2D eigenvalue weighted by Gasteiger charge is 2.23. The van der Waals surface area contributed by atoms with Crippen molar-refractivity contribution in [3.05, 3.63) is 78.1 Å². The van der Waals surface area contributed by atoms with E-state index in [1.54, 1.807) is 41.3 Å². The fraction of sp³-hybridized carbons (Fsp3) is 0.321. The van der Waals surface area contributed by atoms with Gasteiger partial charge in [-0.3, -0.25) is 4.79 Å². The minimum atomic E-state index is -2.84. The number of halogens is 3. The van der Waals surface area contributed by atoms with Crippen molar-refractivity contribution in [3.63, 3.8) is 0 Å². The third-order valence-electron chi connectivity index (χ3n) is 6.42. The summed E-state index contributed by atoms with van der Waals surface area (Å²) in [5, 5.41) is 10.1. The number of nitrogens with zero attached hydrogens (tertiary/aromatic N) is 1. The first-order valence-electron chi connectivity index (χ1n) is 11.9. The molecule has 1 aliphatic heterocycles. The molecule has 190 valence electrons. The van der Waals surface area contributed by atoms with Crippen molar-refractivity contribution < 1.29 is 32.5 Å². The number of carbonyl (C=O) groups is 1. The third-order valence-corrected chi connectivity index (χ3v) is 6.42. The van der Waals surface area contributed by atoms with Crippen LogP contribution in [-0.2, 0) is 11.2 Å². The van der Waals surface area contributed by atoms with E-state index in [9.17, 15) is 23.1 Å². The number of phenolic OH excluding ortho intramolecular Hbond substituents is 1. The van der Waals surface area contributed by atoms with Crippen LogP contribution in [0.1, 0.15) is 24.8 Å². The van der Waals surface area contributed by atoms with Gasteiger partial charge in [0.25, 0.3) is 5.91 Å². The molecule has 0 spiro atoms. The molecule has 36 heavy (non-hydrogen) atoms. The summed E-state index contributed by atoms with van der Waals surface area (Å²) >= 11 is 0. The number of hydrogen-bond donors (Lipinski definition) is 1. The van der Waals surface area contributed by atoms with E-state index in [4.69, 9.17) is 4.74 Å². The normalized spacial score (nSPS) is 14.2. The number of piperidine rings is 1. The van der Waals surface area contributed by atoms with Gasteiger partial charge in [0.2, 0.25) is 0 Å². The first kappa shape index (κ1) is 25.4. The molecule has 1 aliphatic rings. The number of aromatic hydroxyl groups is 1. The van der Waals surface area contributed by atoms with Crippen molar-refractivity contribution in [1.29, 1.82) is 0 Å². The number of phenols is 1. The molecule has 0 radical (unpaired) electrons. The number of amides is 1. The van der Waals surface area contributed by atoms with E-state index >= 15 is 0 Å². The van der Waals surface area contributed by atoms with Crippen LogP contribution in [0.3, 0.4) is 0 Å². The van der Waals surface area contributed by atoms with Gasteiger partial charge >= 0.3 is 6.61 Å². The highest BCUT2D eigenvalue weighted by Crippen LogP contribution is 2.36. The van der Waals surface area contributed by atoms with E-state index < -0.39 is 12.4 Å². The van der Waals surface area contributed by atoms with Crippen LogP contribution in [0.4, 0.5) is 13.2 Å². The van der Waals surface area contributed by atoms with E-state index in [0.717, 1.165) is 37.3 Å². The van der Waals surface area contributed by atoms with E-state index in [1.165, 1.54) is 18.2 Å². The lowest BCUT2D eigenvalue weighted by molar-refractivity contribution is -0.134. The highest BCUT2D eigenvalue weighted by atomic mass is 19.3. The van der Waals surface area contributed by atoms with Gasteiger partial charge in [0.05, 0.1) is 0 Å². The van der Waals surface area contributed by atoms with E-state index in [-0.39, 0.29) is 24.0 Å². The molecule has 1 amide bonds. The van der Waals surface area contributed by atoms with Crippen molar-refractivity contribution in [3.8, 4) is 28.4 Å². The number of benzene rings is 3. The SMILES string of the molecule is O=C(COc1ccccc1-c1ccc(F)cc1O)N1CCC(CCc2cccc(OC(F)F)c2)CC1. The second-order valence-electron chi connectivity index (χ2n) is 8.84. The summed E-state index contributed by atoms with van der Waals surface area (Å²) in [5.74, 6) is 0.176. The number of aryl methyl sites for hydroxylation is 1. The van der Waals surface area contributed by atoms with Crippen LogP contribution in [0.15, 0.2) is 66.7 Å². The van der Waals surface area contributed by atoms with Gasteiger partial charge in [-0.25, -0.2) is 4.39 Å². The quantitative estimate of drug-likeness (QED) is 0.389. The van der Waals surface area contributed by atoms with Gasteiger partial charge in [-0.1, -0.05) is 30.3 Å². The number of hydrogen-bond acceptors (Lipinski definition) is 4. The molecule has 5 nitrogen and oxygen atoms in total. The van der Waals surface area contributed by atoms with Crippen LogP contribution in [0, 0.1) is 11.7 Å². The standard InChI is InChI=1S/C28H28F3NO4/c29-21-10-11-23(25(33)17-21)24-6-1-2-7-26(24)35-18-27(34)32-14-12-19(13-15-32)8-9-20-4-3-5-22(16-20)36-28(30)31/h1-7,10-11,16-17,19,28,33H,8-9,12-15,18H2. The minimum absolute atomic E-state index is 0.122. The molecule has 1 fully saturated rings. The Morgan fingerprint density at radius 2 is 1.78 bits per heavy atom. The lowest BCUT2D eigenvalue weighted by atomic mass is 9.90. The van der Waals surface area contributed by atoms with Crippen LogP contribution in [0.5, 0.6) is 17.2 Å². The molecule has 4 rings (SSSR count). The van der Waals surface area contributed by atoms with E-state index in [0.29, 0.717) is 35.9 Å². The zero-order valence-electron chi connectivity index (χ0n) is 19.7. The molecular weight excluding hydrogens is 471 g/mol. The summed E-state index contributed by atoms with van der Waals surface area (Å²) in [6.07, 6.45) is 3.39. The molecule has 3 aromatic carbocycles. The Morgan fingerprint density at radius 1 is 1.00 bits per heavy atom. The van der Waals surface area contributed by atoms with E-state index in [1.807, 2.05) is 6.07 Å². The molecule has 0 unspecified atom stereocenters. The Labute approximate surface area is 208 Å². The van der Waals surface area contributed by atoms with Gasteiger partial charge in [-0.2, -0.15) is 8.78 Å². The lowest BCUT2D eigenvalue weighted by Crippen LogP contribution is -2.41. The minimum Gasteiger partial charge on any atom is -0.507 e. The van der Waals surface area contributed by atoms with Crippen LogP contribution < -0.4 is 9.47 Å². The maximum atomic E-state index is 13.4. The second-order valence-corrected chi connectivity index (χ2v) is 8.84. The van der Waals surface area contributed by atoms with Crippen LogP contribution >= 0.6 is 0 Å². The number of alkyl halides is 2. The molecule has 8 heteroatoms. The summed E-state index contributed by atoms with van der Waals surface area (Å²) < 4.78 is 48.5. The number of ether oxygens (including phenoxy) is 2. The summed E-state index contributed by atoms with van der Waals surface area (Å²) in [6.45, 7) is -1.72. The fourth-order valence-corrected chi connectivity index (χ4v) is 4.50. The summed E-state index contributed by atoms with van der Waals surface area (Å²) in [4.78, 5) is 14.6. The number of carbonyl (C=O) groups excluding carboxylic acids is 1. The molecular formula is C28H28F3NO4. The van der Waals surface area contributed by atoms with Gasteiger partial charge in [0, 0.05) is 30.3 Å². The monoisotopic (exact) mass is 499 g/mol. The predicted octanol–water partition coefficient (Wildman–Crippen LogP) is 6.05. The van der Waals surface area contributed by atoms with Crippen molar-refractivity contribution in [2.24, 2.45) is 5.92 Å². The Hall–Kier alpha value is -3.68. The molecule has 3 aromatic rings. The zero-order chi connectivity index (χ0) is 25.5. The Balaban J connectivity index is 1.26. The number of likely N-dealkylation sites (tertiary alicyclic amines) is 1. The lowest BCUT2D eigenvalue weighted by Gasteiger charge is -2.32. The van der Waals surface area contributed by atoms with Crippen LogP contribution in [0.2, 0.25) is 0 Å². The van der Waals surface area contributed by atoms with Gasteiger partial charge in [0.1, 0.15) is 23.1 Å². The molecule has 0 saturated carbocycles. The number of rotatable bonds is 9. The first-order chi connectivity index (χ1) is 17.4. The Morgan fingerprint density at radius 3 is 2.53 bits per heavy atom. The topological polar surface area (TPSA) is 59.0 Å². The van der Waals surface area contributed by atoms with E-state index in [2.05, 4.69) is 4.74 Å². The molecule has 0 aromatic heterocycles. The Bertz CT molecular complexity index is 1180.